The van der Waals surface area contributed by atoms with Crippen LogP contribution in [0.15, 0.2) is 0 Å². The molecule has 0 radical (unpaired) electrons. The van der Waals surface area contributed by atoms with Gasteiger partial charge in [0.25, 0.3) is 0 Å². The van der Waals surface area contributed by atoms with Gasteiger partial charge < -0.3 is 4.74 Å². The average Bonchev–Trinajstić information content (AvgIpc) is 2.96. The van der Waals surface area contributed by atoms with Gasteiger partial charge in [0.1, 0.15) is 6.04 Å². The van der Waals surface area contributed by atoms with Gasteiger partial charge in [0.2, 0.25) is 0 Å². The fourth-order valence-corrected chi connectivity index (χ4v) is 2.79. The minimum atomic E-state index is -0.0159. The van der Waals surface area contributed by atoms with Gasteiger partial charge in [-0.3, -0.25) is 9.69 Å². The van der Waals surface area contributed by atoms with Gasteiger partial charge in [-0.1, -0.05) is 6.92 Å². The minimum Gasteiger partial charge on any atom is -0.468 e. The normalized spacial score (nSPS) is 29.1. The van der Waals surface area contributed by atoms with Crippen molar-refractivity contribution in [3.8, 4) is 0 Å². The molecule has 1 heterocycles. The average molecular weight is 211 g/mol. The van der Waals surface area contributed by atoms with Crippen molar-refractivity contribution >= 4 is 5.97 Å². The van der Waals surface area contributed by atoms with Crippen molar-refractivity contribution in [2.45, 2.75) is 51.1 Å². The third-order valence-electron chi connectivity index (χ3n) is 3.76. The summed E-state index contributed by atoms with van der Waals surface area (Å²) in [4.78, 5) is 14.2. The third kappa shape index (κ3) is 2.17. The molecule has 1 saturated heterocycles. The Balaban J connectivity index is 2.06. The van der Waals surface area contributed by atoms with E-state index in [1.165, 1.54) is 32.8 Å². The first-order valence-corrected chi connectivity index (χ1v) is 6.11. The molecule has 0 amide bonds. The quantitative estimate of drug-likeness (QED) is 0.664. The topological polar surface area (TPSA) is 29.5 Å². The van der Waals surface area contributed by atoms with Crippen LogP contribution in [0.2, 0.25) is 0 Å². The van der Waals surface area contributed by atoms with E-state index in [1.54, 1.807) is 0 Å². The van der Waals surface area contributed by atoms with Crippen molar-refractivity contribution in [2.75, 3.05) is 13.7 Å². The lowest BCUT2D eigenvalue weighted by molar-refractivity contribution is -0.148. The fourth-order valence-electron chi connectivity index (χ4n) is 2.79. The second-order valence-electron chi connectivity index (χ2n) is 4.75. The van der Waals surface area contributed by atoms with Gasteiger partial charge >= 0.3 is 5.97 Å². The Bertz CT molecular complexity index is 238. The number of hydrogen-bond acceptors (Lipinski definition) is 3. The molecule has 0 spiro atoms. The molecule has 2 fully saturated rings. The van der Waals surface area contributed by atoms with E-state index in [9.17, 15) is 4.79 Å². The molecule has 1 aliphatic carbocycles. The molecule has 0 N–H and O–H groups in total. The zero-order valence-corrected chi connectivity index (χ0v) is 9.74. The molecule has 2 unspecified atom stereocenters. The standard InChI is InChI=1S/C12H21NO2/c1-3-10-5-4-8-13(10)11(9-6-7-9)12(14)15-2/h9-11H,3-8H2,1-2H3. The number of esters is 1. The fraction of sp³-hybridized carbons (Fsp3) is 0.917. The van der Waals surface area contributed by atoms with E-state index in [0.717, 1.165) is 13.0 Å². The third-order valence-corrected chi connectivity index (χ3v) is 3.76. The molecular weight excluding hydrogens is 190 g/mol. The van der Waals surface area contributed by atoms with Crippen LogP contribution < -0.4 is 0 Å². The van der Waals surface area contributed by atoms with E-state index in [-0.39, 0.29) is 12.0 Å². The van der Waals surface area contributed by atoms with Gasteiger partial charge in [-0.25, -0.2) is 0 Å². The summed E-state index contributed by atoms with van der Waals surface area (Å²) in [5.74, 6) is 0.558. The van der Waals surface area contributed by atoms with E-state index in [0.29, 0.717) is 12.0 Å². The largest absolute Gasteiger partial charge is 0.468 e. The van der Waals surface area contributed by atoms with E-state index < -0.39 is 0 Å². The molecule has 0 aromatic heterocycles. The van der Waals surface area contributed by atoms with Crippen LogP contribution in [0.25, 0.3) is 0 Å². The SMILES string of the molecule is CCC1CCCN1C(C(=O)OC)C1CC1. The molecule has 2 atom stereocenters. The van der Waals surface area contributed by atoms with Gasteiger partial charge in [-0.05, 0) is 44.6 Å². The highest BCUT2D eigenvalue weighted by atomic mass is 16.5. The summed E-state index contributed by atoms with van der Waals surface area (Å²) in [6, 6.07) is 0.664. The molecule has 0 aromatic carbocycles. The Morgan fingerprint density at radius 1 is 1.47 bits per heavy atom. The summed E-state index contributed by atoms with van der Waals surface area (Å²) < 4.78 is 4.94. The van der Waals surface area contributed by atoms with Crippen molar-refractivity contribution in [2.24, 2.45) is 5.92 Å². The number of carbonyl (C=O) groups is 1. The highest BCUT2D eigenvalue weighted by Crippen LogP contribution is 2.39. The molecule has 3 heteroatoms. The highest BCUT2D eigenvalue weighted by molar-refractivity contribution is 5.76. The maximum atomic E-state index is 11.8. The van der Waals surface area contributed by atoms with Crippen LogP contribution >= 0.6 is 0 Å². The number of likely N-dealkylation sites (tertiary alicyclic amines) is 1. The second-order valence-corrected chi connectivity index (χ2v) is 4.75. The van der Waals surface area contributed by atoms with Crippen molar-refractivity contribution in [3.05, 3.63) is 0 Å². The molecule has 0 aromatic rings. The van der Waals surface area contributed by atoms with Gasteiger partial charge in [0, 0.05) is 6.04 Å². The van der Waals surface area contributed by atoms with E-state index in [4.69, 9.17) is 4.74 Å². The van der Waals surface area contributed by atoms with Gasteiger partial charge in [0.05, 0.1) is 7.11 Å². The monoisotopic (exact) mass is 211 g/mol. The lowest BCUT2D eigenvalue weighted by atomic mass is 10.1. The highest BCUT2D eigenvalue weighted by Gasteiger charge is 2.44. The van der Waals surface area contributed by atoms with Crippen LogP contribution in [0.4, 0.5) is 0 Å². The summed E-state index contributed by atoms with van der Waals surface area (Å²) >= 11 is 0. The summed E-state index contributed by atoms with van der Waals surface area (Å²) in [5.41, 5.74) is 0. The Hall–Kier alpha value is -0.570. The first-order chi connectivity index (χ1) is 7.27. The van der Waals surface area contributed by atoms with Crippen LogP contribution in [0, 0.1) is 5.92 Å². The molecule has 15 heavy (non-hydrogen) atoms. The Morgan fingerprint density at radius 2 is 2.20 bits per heavy atom. The molecule has 3 nitrogen and oxygen atoms in total. The predicted molar refractivity (Wildman–Crippen MR) is 58.5 cm³/mol. The Kier molecular flexibility index (Phi) is 3.29. The minimum absolute atomic E-state index is 0.0159. The van der Waals surface area contributed by atoms with Crippen LogP contribution in [0.5, 0.6) is 0 Å². The van der Waals surface area contributed by atoms with Gasteiger partial charge in [-0.2, -0.15) is 0 Å². The first-order valence-electron chi connectivity index (χ1n) is 6.11. The van der Waals surface area contributed by atoms with Crippen molar-refractivity contribution < 1.29 is 9.53 Å². The number of nitrogens with zero attached hydrogens (tertiary/aromatic N) is 1. The molecule has 2 rings (SSSR count). The zero-order chi connectivity index (χ0) is 10.8. The molecule has 1 saturated carbocycles. The van der Waals surface area contributed by atoms with Crippen molar-refractivity contribution in [1.82, 2.24) is 4.90 Å². The number of rotatable bonds is 4. The van der Waals surface area contributed by atoms with Crippen LogP contribution in [0.1, 0.15) is 39.0 Å². The van der Waals surface area contributed by atoms with E-state index in [2.05, 4.69) is 11.8 Å². The Labute approximate surface area is 91.8 Å². The van der Waals surface area contributed by atoms with Crippen molar-refractivity contribution in [1.29, 1.82) is 0 Å². The maximum Gasteiger partial charge on any atom is 0.323 e. The lowest BCUT2D eigenvalue weighted by Crippen LogP contribution is -2.45. The first kappa shape index (κ1) is 10.9. The summed E-state index contributed by atoms with van der Waals surface area (Å²) in [6.07, 6.45) is 6.04. The smallest absolute Gasteiger partial charge is 0.323 e. The number of ether oxygens (including phenoxy) is 1. The van der Waals surface area contributed by atoms with E-state index in [1.807, 2.05) is 0 Å². The summed E-state index contributed by atoms with van der Waals surface area (Å²) in [7, 11) is 1.51. The Morgan fingerprint density at radius 3 is 2.73 bits per heavy atom. The lowest BCUT2D eigenvalue weighted by Gasteiger charge is -2.30. The van der Waals surface area contributed by atoms with Gasteiger partial charge in [-0.15, -0.1) is 0 Å². The maximum absolute atomic E-state index is 11.8. The summed E-state index contributed by atoms with van der Waals surface area (Å²) in [6.45, 7) is 3.29. The molecule has 2 aliphatic rings. The summed E-state index contributed by atoms with van der Waals surface area (Å²) in [5, 5.41) is 0. The number of methoxy groups -OCH3 is 1. The second kappa shape index (κ2) is 4.52. The molecular formula is C12H21NO2. The predicted octanol–water partition coefficient (Wildman–Crippen LogP) is 1.81. The molecule has 1 aliphatic heterocycles. The van der Waals surface area contributed by atoms with E-state index >= 15 is 0 Å². The van der Waals surface area contributed by atoms with Crippen LogP contribution in [-0.4, -0.2) is 36.6 Å². The van der Waals surface area contributed by atoms with Crippen LogP contribution in [-0.2, 0) is 9.53 Å². The zero-order valence-electron chi connectivity index (χ0n) is 9.74. The number of carbonyl (C=O) groups excluding carboxylic acids is 1. The van der Waals surface area contributed by atoms with Crippen LogP contribution in [0.3, 0.4) is 0 Å². The molecule has 0 bridgehead atoms. The molecule has 86 valence electrons. The van der Waals surface area contributed by atoms with Gasteiger partial charge in [0.15, 0.2) is 0 Å². The number of hydrogen-bond donors (Lipinski definition) is 0. The van der Waals surface area contributed by atoms with Crippen molar-refractivity contribution in [3.63, 3.8) is 0 Å².